The third-order valence-electron chi connectivity index (χ3n) is 5.61. The molecule has 1 aliphatic rings. The van der Waals surface area contributed by atoms with Crippen LogP contribution in [0.3, 0.4) is 0 Å². The van der Waals surface area contributed by atoms with Crippen molar-refractivity contribution in [1.82, 2.24) is 20.0 Å². The first-order chi connectivity index (χ1) is 17.0. The fourth-order valence-corrected chi connectivity index (χ4v) is 4.35. The van der Waals surface area contributed by atoms with Gasteiger partial charge in [-0.25, -0.2) is 9.78 Å². The lowest BCUT2D eigenvalue weighted by atomic mass is 9.98. The van der Waals surface area contributed by atoms with Crippen molar-refractivity contribution in [2.75, 3.05) is 18.4 Å². The van der Waals surface area contributed by atoms with Crippen molar-refractivity contribution in [3.05, 3.63) is 82.2 Å². The molecule has 1 atom stereocenters. The number of piperidine rings is 1. The zero-order valence-corrected chi connectivity index (χ0v) is 20.9. The van der Waals surface area contributed by atoms with E-state index in [0.29, 0.717) is 47.1 Å². The number of hydrogen-bond donors (Lipinski definition) is 1. The number of carbonyl (C=O) groups excluding carboxylic acids is 1. The maximum atomic E-state index is 12.9. The second-order valence-corrected chi connectivity index (χ2v) is 9.48. The number of nitrogens with one attached hydrogen (secondary N) is 1. The lowest BCUT2D eigenvalue weighted by molar-refractivity contribution is 0.184. The number of aromatic nitrogens is 3. The highest BCUT2D eigenvalue weighted by molar-refractivity contribution is 9.10. The van der Waals surface area contributed by atoms with Crippen molar-refractivity contribution >= 4 is 39.2 Å². The molecule has 3 heterocycles. The minimum absolute atomic E-state index is 0.0258. The lowest BCUT2D eigenvalue weighted by Crippen LogP contribution is -2.41. The van der Waals surface area contributed by atoms with Gasteiger partial charge in [0.25, 0.3) is 0 Å². The zero-order chi connectivity index (χ0) is 24.2. The quantitative estimate of drug-likeness (QED) is 0.293. The smallest absolute Gasteiger partial charge is 0.321 e. The molecule has 1 fully saturated rings. The van der Waals surface area contributed by atoms with E-state index < -0.39 is 0 Å². The molecule has 2 amide bonds. The van der Waals surface area contributed by atoms with Crippen LogP contribution in [0.1, 0.15) is 24.7 Å². The van der Waals surface area contributed by atoms with E-state index in [1.54, 1.807) is 35.4 Å². The van der Waals surface area contributed by atoms with Crippen LogP contribution in [0.4, 0.5) is 10.5 Å². The molecule has 2 aromatic carbocycles. The van der Waals surface area contributed by atoms with Gasteiger partial charge in [0.15, 0.2) is 0 Å². The molecule has 8 nitrogen and oxygen atoms in total. The van der Waals surface area contributed by atoms with E-state index in [9.17, 15) is 4.79 Å². The highest BCUT2D eigenvalue weighted by Crippen LogP contribution is 2.29. The van der Waals surface area contributed by atoms with Crippen molar-refractivity contribution in [2.45, 2.75) is 18.8 Å². The number of likely N-dealkylation sites (tertiary alicyclic amines) is 1. The van der Waals surface area contributed by atoms with Gasteiger partial charge in [0, 0.05) is 34.2 Å². The molecule has 0 saturated carbocycles. The lowest BCUT2D eigenvalue weighted by Gasteiger charge is -2.31. The van der Waals surface area contributed by atoms with Crippen molar-refractivity contribution in [3.63, 3.8) is 0 Å². The highest BCUT2D eigenvalue weighted by atomic mass is 79.9. The van der Waals surface area contributed by atoms with E-state index in [1.165, 1.54) is 0 Å². The predicted molar refractivity (Wildman–Crippen MR) is 136 cm³/mol. The Kier molecular flexibility index (Phi) is 6.96. The van der Waals surface area contributed by atoms with Gasteiger partial charge in [-0.2, -0.15) is 4.98 Å². The molecule has 1 saturated heterocycles. The van der Waals surface area contributed by atoms with E-state index in [1.807, 2.05) is 36.4 Å². The summed E-state index contributed by atoms with van der Waals surface area (Å²) in [7, 11) is 0. The Balaban J connectivity index is 1.19. The number of benzene rings is 2. The van der Waals surface area contributed by atoms with Crippen LogP contribution in [0.2, 0.25) is 5.02 Å². The summed E-state index contributed by atoms with van der Waals surface area (Å²) in [6.45, 7) is 1.14. The molecular formula is C25H21BrClN5O3. The SMILES string of the molecule is O=C(Nc1ccc(Oc2cccc(Br)c2)nc1)N1CCCC(c2nc(-c3ccc(Cl)cc3)no2)C1. The van der Waals surface area contributed by atoms with Gasteiger partial charge < -0.3 is 19.5 Å². The Bertz CT molecular complexity index is 1310. The zero-order valence-electron chi connectivity index (χ0n) is 18.5. The molecule has 1 N–H and O–H groups in total. The molecule has 0 aliphatic carbocycles. The van der Waals surface area contributed by atoms with Crippen LogP contribution in [0.15, 0.2) is 75.9 Å². The summed E-state index contributed by atoms with van der Waals surface area (Å²) in [4.78, 5) is 23.5. The summed E-state index contributed by atoms with van der Waals surface area (Å²) in [6.07, 6.45) is 3.28. The molecule has 1 aliphatic heterocycles. The van der Waals surface area contributed by atoms with Crippen molar-refractivity contribution < 1.29 is 14.1 Å². The van der Waals surface area contributed by atoms with Gasteiger partial charge in [0.2, 0.25) is 17.6 Å². The highest BCUT2D eigenvalue weighted by Gasteiger charge is 2.29. The molecule has 0 radical (unpaired) electrons. The summed E-state index contributed by atoms with van der Waals surface area (Å²) in [5, 5.41) is 7.65. The van der Waals surface area contributed by atoms with Crippen LogP contribution in [0.25, 0.3) is 11.4 Å². The van der Waals surface area contributed by atoms with Gasteiger partial charge >= 0.3 is 6.03 Å². The molecule has 1 unspecified atom stereocenters. The number of amides is 2. The molecule has 10 heteroatoms. The molecule has 35 heavy (non-hydrogen) atoms. The van der Waals surface area contributed by atoms with Crippen LogP contribution in [0.5, 0.6) is 11.6 Å². The summed E-state index contributed by atoms with van der Waals surface area (Å²) in [5.74, 6) is 2.12. The summed E-state index contributed by atoms with van der Waals surface area (Å²) in [5.41, 5.74) is 1.41. The van der Waals surface area contributed by atoms with Crippen molar-refractivity contribution in [1.29, 1.82) is 0 Å². The largest absolute Gasteiger partial charge is 0.439 e. The van der Waals surface area contributed by atoms with E-state index in [-0.39, 0.29) is 11.9 Å². The predicted octanol–water partition coefficient (Wildman–Crippen LogP) is 6.75. The molecule has 0 spiro atoms. The van der Waals surface area contributed by atoms with Gasteiger partial charge in [-0.3, -0.25) is 0 Å². The number of anilines is 1. The minimum atomic E-state index is -0.199. The summed E-state index contributed by atoms with van der Waals surface area (Å²) >= 11 is 9.37. The number of halogens is 2. The van der Waals surface area contributed by atoms with E-state index in [2.05, 4.69) is 36.4 Å². The van der Waals surface area contributed by atoms with E-state index in [4.69, 9.17) is 20.9 Å². The van der Waals surface area contributed by atoms with Crippen molar-refractivity contribution in [3.8, 4) is 23.0 Å². The van der Waals surface area contributed by atoms with Gasteiger partial charge in [0.1, 0.15) is 5.75 Å². The molecule has 5 rings (SSSR count). The third-order valence-corrected chi connectivity index (χ3v) is 6.35. The molecule has 178 valence electrons. The van der Waals surface area contributed by atoms with E-state index in [0.717, 1.165) is 22.9 Å². The summed E-state index contributed by atoms with van der Waals surface area (Å²) < 4.78 is 12.2. The number of carbonyl (C=O) groups is 1. The third kappa shape index (κ3) is 5.80. The number of rotatable bonds is 5. The molecule has 0 bridgehead atoms. The number of pyridine rings is 1. The minimum Gasteiger partial charge on any atom is -0.439 e. The number of nitrogens with zero attached hydrogens (tertiary/aromatic N) is 4. The van der Waals surface area contributed by atoms with Gasteiger partial charge in [-0.05, 0) is 61.4 Å². The standard InChI is InChI=1S/C25H21BrClN5O3/c26-18-4-1-5-21(13-18)34-22-11-10-20(14-28-22)29-25(33)32-12-2-3-17(15-32)24-30-23(31-35-24)16-6-8-19(27)9-7-16/h1,4-11,13-14,17H,2-3,12,15H2,(H,29,33). The Hall–Kier alpha value is -3.43. The maximum Gasteiger partial charge on any atom is 0.321 e. The number of hydrogen-bond acceptors (Lipinski definition) is 6. The first kappa shape index (κ1) is 23.3. The molecule has 2 aromatic heterocycles. The Morgan fingerprint density at radius 1 is 1.17 bits per heavy atom. The van der Waals surface area contributed by atoms with Gasteiger partial charge in [-0.15, -0.1) is 0 Å². The van der Waals surface area contributed by atoms with Crippen molar-refractivity contribution in [2.24, 2.45) is 0 Å². The fourth-order valence-electron chi connectivity index (χ4n) is 3.85. The second kappa shape index (κ2) is 10.5. The molecular weight excluding hydrogens is 534 g/mol. The average molecular weight is 555 g/mol. The van der Waals surface area contributed by atoms with Crippen LogP contribution >= 0.6 is 27.5 Å². The average Bonchev–Trinajstić information content (AvgIpc) is 3.36. The first-order valence-corrected chi connectivity index (χ1v) is 12.3. The Morgan fingerprint density at radius 3 is 2.80 bits per heavy atom. The van der Waals surface area contributed by atoms with Crippen LogP contribution in [0, 0.1) is 0 Å². The Morgan fingerprint density at radius 2 is 2.03 bits per heavy atom. The number of ether oxygens (including phenoxy) is 1. The molecule has 4 aromatic rings. The summed E-state index contributed by atoms with van der Waals surface area (Å²) in [6, 6.07) is 18.0. The van der Waals surface area contributed by atoms with Crippen LogP contribution in [-0.2, 0) is 0 Å². The van der Waals surface area contributed by atoms with Gasteiger partial charge in [-0.1, -0.05) is 38.8 Å². The van der Waals surface area contributed by atoms with Crippen LogP contribution < -0.4 is 10.1 Å². The first-order valence-electron chi connectivity index (χ1n) is 11.1. The maximum absolute atomic E-state index is 12.9. The Labute approximate surface area is 215 Å². The normalized spacial score (nSPS) is 15.6. The van der Waals surface area contributed by atoms with Gasteiger partial charge in [0.05, 0.1) is 17.8 Å². The fraction of sp³-hybridized carbons (Fsp3) is 0.200. The van der Waals surface area contributed by atoms with E-state index >= 15 is 0 Å². The van der Waals surface area contributed by atoms with Crippen LogP contribution in [-0.4, -0.2) is 39.1 Å². The second-order valence-electron chi connectivity index (χ2n) is 8.12. The number of urea groups is 1. The topological polar surface area (TPSA) is 93.4 Å². The monoisotopic (exact) mass is 553 g/mol.